The Morgan fingerprint density at radius 1 is 1.06 bits per heavy atom. The molecule has 2 rings (SSSR count). The van der Waals surface area contributed by atoms with Gasteiger partial charge in [-0.25, -0.2) is 8.78 Å². The molecule has 0 atom stereocenters. The Morgan fingerprint density at radius 3 is 2.50 bits per heavy atom. The first-order valence-corrected chi connectivity index (χ1v) is 6.72. The average molecular weight is 426 g/mol. The lowest BCUT2D eigenvalue weighted by atomic mass is 10.3. The van der Waals surface area contributed by atoms with Gasteiger partial charge in [0.2, 0.25) is 0 Å². The summed E-state index contributed by atoms with van der Waals surface area (Å²) in [5.41, 5.74) is 5.95. The lowest BCUT2D eigenvalue weighted by Crippen LogP contribution is -1.96. The lowest BCUT2D eigenvalue weighted by molar-refractivity contribution is 0.440. The van der Waals surface area contributed by atoms with E-state index in [2.05, 4.69) is 15.9 Å². The Kier molecular flexibility index (Phi) is 4.06. The summed E-state index contributed by atoms with van der Waals surface area (Å²) >= 11 is 5.02. The van der Waals surface area contributed by atoms with E-state index in [1.54, 1.807) is 6.07 Å². The summed E-state index contributed by atoms with van der Waals surface area (Å²) in [4.78, 5) is 0. The molecule has 2 N–H and O–H groups in total. The Bertz CT molecular complexity index is 607. The summed E-state index contributed by atoms with van der Waals surface area (Å²) in [5, 5.41) is 0. The summed E-state index contributed by atoms with van der Waals surface area (Å²) in [6, 6.07) is 6.81. The molecule has 94 valence electrons. The zero-order valence-electron chi connectivity index (χ0n) is 8.88. The third-order valence-corrected chi connectivity index (χ3v) is 3.49. The van der Waals surface area contributed by atoms with Crippen molar-refractivity contribution in [2.45, 2.75) is 0 Å². The molecule has 0 saturated heterocycles. The van der Waals surface area contributed by atoms with Crippen molar-refractivity contribution in [3.8, 4) is 11.5 Å². The second-order valence-electron chi connectivity index (χ2n) is 3.48. The van der Waals surface area contributed by atoms with Gasteiger partial charge in [-0.2, -0.15) is 0 Å². The van der Waals surface area contributed by atoms with Crippen LogP contribution >= 0.6 is 38.5 Å². The van der Waals surface area contributed by atoms with Crippen LogP contribution in [0.2, 0.25) is 0 Å². The molecule has 0 spiro atoms. The van der Waals surface area contributed by atoms with Gasteiger partial charge in [0, 0.05) is 10.5 Å². The number of anilines is 1. The molecule has 0 amide bonds. The lowest BCUT2D eigenvalue weighted by Gasteiger charge is -2.10. The van der Waals surface area contributed by atoms with E-state index in [1.807, 2.05) is 22.6 Å². The summed E-state index contributed by atoms with van der Waals surface area (Å²) in [6.07, 6.45) is 0. The van der Waals surface area contributed by atoms with Gasteiger partial charge in [0.05, 0.1) is 9.26 Å². The van der Waals surface area contributed by atoms with Crippen LogP contribution in [0.5, 0.6) is 11.5 Å². The van der Waals surface area contributed by atoms with E-state index >= 15 is 0 Å². The molecule has 0 bridgehead atoms. The van der Waals surface area contributed by atoms with Crippen molar-refractivity contribution in [3.05, 3.63) is 50.0 Å². The van der Waals surface area contributed by atoms with Crippen LogP contribution in [0.3, 0.4) is 0 Å². The Labute approximate surface area is 124 Å². The van der Waals surface area contributed by atoms with Crippen LogP contribution in [0.4, 0.5) is 14.5 Å². The summed E-state index contributed by atoms with van der Waals surface area (Å²) < 4.78 is 33.2. The highest BCUT2D eigenvalue weighted by Crippen LogP contribution is 2.33. The molecule has 0 aliphatic rings. The Balaban J connectivity index is 2.40. The van der Waals surface area contributed by atoms with Gasteiger partial charge >= 0.3 is 0 Å². The molecular weight excluding hydrogens is 419 g/mol. The van der Waals surface area contributed by atoms with Crippen molar-refractivity contribution in [1.29, 1.82) is 0 Å². The molecule has 0 fully saturated rings. The van der Waals surface area contributed by atoms with Crippen LogP contribution in [0, 0.1) is 15.2 Å². The topological polar surface area (TPSA) is 35.2 Å². The van der Waals surface area contributed by atoms with E-state index in [0.717, 1.165) is 6.07 Å². The fraction of sp³-hybridized carbons (Fsp3) is 0. The van der Waals surface area contributed by atoms with Crippen molar-refractivity contribution in [1.82, 2.24) is 0 Å². The molecule has 18 heavy (non-hydrogen) atoms. The molecule has 0 aliphatic carbocycles. The molecule has 2 nitrogen and oxygen atoms in total. The van der Waals surface area contributed by atoms with Crippen LogP contribution < -0.4 is 10.5 Å². The van der Waals surface area contributed by atoms with Crippen LogP contribution in [-0.2, 0) is 0 Å². The highest BCUT2D eigenvalue weighted by Gasteiger charge is 2.11. The van der Waals surface area contributed by atoms with E-state index in [4.69, 9.17) is 10.5 Å². The average Bonchev–Trinajstić information content (AvgIpc) is 2.30. The summed E-state index contributed by atoms with van der Waals surface area (Å²) in [5.74, 6) is -0.937. The van der Waals surface area contributed by atoms with Gasteiger partial charge in [0.15, 0.2) is 17.3 Å². The van der Waals surface area contributed by atoms with Gasteiger partial charge in [-0.1, -0.05) is 15.9 Å². The fourth-order valence-corrected chi connectivity index (χ4v) is 2.14. The van der Waals surface area contributed by atoms with Crippen molar-refractivity contribution >= 4 is 44.2 Å². The zero-order valence-corrected chi connectivity index (χ0v) is 12.6. The number of nitrogen functional groups attached to an aromatic ring is 1. The highest BCUT2D eigenvalue weighted by atomic mass is 127. The largest absolute Gasteiger partial charge is 0.452 e. The molecule has 0 saturated carbocycles. The normalized spacial score (nSPS) is 10.4. The third-order valence-electron chi connectivity index (χ3n) is 2.17. The first-order valence-electron chi connectivity index (χ1n) is 4.85. The zero-order chi connectivity index (χ0) is 13.3. The van der Waals surface area contributed by atoms with Gasteiger partial charge < -0.3 is 10.5 Å². The molecule has 0 aliphatic heterocycles. The Hall–Kier alpha value is -0.890. The number of hydrogen-bond acceptors (Lipinski definition) is 2. The SMILES string of the molecule is Nc1cc(I)c(F)cc1Oc1cc(Br)ccc1F. The summed E-state index contributed by atoms with van der Waals surface area (Å²) in [6.45, 7) is 0. The quantitative estimate of drug-likeness (QED) is 0.558. The number of hydrogen-bond donors (Lipinski definition) is 1. The number of nitrogens with two attached hydrogens (primary N) is 1. The molecule has 0 unspecified atom stereocenters. The van der Waals surface area contributed by atoms with Crippen molar-refractivity contribution in [3.63, 3.8) is 0 Å². The highest BCUT2D eigenvalue weighted by molar-refractivity contribution is 14.1. The molecule has 0 aromatic heterocycles. The van der Waals surface area contributed by atoms with Gasteiger partial charge in [-0.05, 0) is 46.9 Å². The van der Waals surface area contributed by atoms with Crippen molar-refractivity contribution in [2.75, 3.05) is 5.73 Å². The van der Waals surface area contributed by atoms with E-state index in [9.17, 15) is 8.78 Å². The van der Waals surface area contributed by atoms with Crippen LogP contribution in [0.1, 0.15) is 0 Å². The summed E-state index contributed by atoms with van der Waals surface area (Å²) in [7, 11) is 0. The maximum atomic E-state index is 13.5. The maximum Gasteiger partial charge on any atom is 0.165 e. The van der Waals surface area contributed by atoms with Crippen LogP contribution in [0.15, 0.2) is 34.8 Å². The van der Waals surface area contributed by atoms with E-state index < -0.39 is 11.6 Å². The van der Waals surface area contributed by atoms with Crippen LogP contribution in [-0.4, -0.2) is 0 Å². The molecule has 0 radical (unpaired) electrons. The number of rotatable bonds is 2. The molecular formula is C12H7BrF2INO. The van der Waals surface area contributed by atoms with E-state index in [1.165, 1.54) is 18.2 Å². The fourth-order valence-electron chi connectivity index (χ4n) is 1.31. The predicted octanol–water partition coefficient (Wildman–Crippen LogP) is 4.71. The van der Waals surface area contributed by atoms with E-state index in [0.29, 0.717) is 8.04 Å². The number of benzene rings is 2. The van der Waals surface area contributed by atoms with Gasteiger partial charge in [-0.3, -0.25) is 0 Å². The maximum absolute atomic E-state index is 13.5. The van der Waals surface area contributed by atoms with Gasteiger partial charge in [-0.15, -0.1) is 0 Å². The predicted molar refractivity (Wildman–Crippen MR) is 77.7 cm³/mol. The smallest absolute Gasteiger partial charge is 0.165 e. The van der Waals surface area contributed by atoms with Gasteiger partial charge in [0.25, 0.3) is 0 Å². The molecule has 2 aromatic carbocycles. The van der Waals surface area contributed by atoms with E-state index in [-0.39, 0.29) is 17.2 Å². The van der Waals surface area contributed by atoms with Crippen molar-refractivity contribution < 1.29 is 13.5 Å². The third kappa shape index (κ3) is 2.92. The molecule has 2 aromatic rings. The first-order chi connectivity index (χ1) is 8.47. The Morgan fingerprint density at radius 2 is 1.78 bits per heavy atom. The van der Waals surface area contributed by atoms with Gasteiger partial charge in [0.1, 0.15) is 5.82 Å². The first kappa shape index (κ1) is 13.5. The molecule has 6 heteroatoms. The second-order valence-corrected chi connectivity index (χ2v) is 5.56. The molecule has 0 heterocycles. The second kappa shape index (κ2) is 5.40. The minimum absolute atomic E-state index is 0.0170. The minimum Gasteiger partial charge on any atom is -0.452 e. The minimum atomic E-state index is -0.545. The van der Waals surface area contributed by atoms with Crippen molar-refractivity contribution in [2.24, 2.45) is 0 Å². The standard InChI is InChI=1S/C12H7BrF2INO/c13-6-1-2-7(14)11(3-6)18-12-4-8(15)9(16)5-10(12)17/h1-5H,17H2. The number of halogens is 4. The monoisotopic (exact) mass is 425 g/mol. The van der Waals surface area contributed by atoms with Crippen LogP contribution in [0.25, 0.3) is 0 Å². The number of ether oxygens (including phenoxy) is 1.